The lowest BCUT2D eigenvalue weighted by Gasteiger charge is -2.08. The van der Waals surface area contributed by atoms with E-state index in [4.69, 9.17) is 17.1 Å². The van der Waals surface area contributed by atoms with Crippen molar-refractivity contribution in [1.82, 2.24) is 0 Å². The molecule has 0 aliphatic carbocycles. The molecule has 90 valence electrons. The van der Waals surface area contributed by atoms with Crippen LogP contribution in [0.25, 0.3) is 0 Å². The maximum atomic E-state index is 11.9. The number of hydrogen-bond donors (Lipinski definition) is 2. The predicted molar refractivity (Wildman–Crippen MR) is 57.4 cm³/mol. The Morgan fingerprint density at radius 1 is 1.50 bits per heavy atom. The number of aliphatic hydroxyl groups excluding tert-OH is 2. The minimum absolute atomic E-state index is 0.223. The number of benzene rings is 1. The molecule has 2 N–H and O–H groups in total. The fourth-order valence-electron chi connectivity index (χ4n) is 0.732. The maximum absolute atomic E-state index is 11.9. The molecule has 5 nitrogen and oxygen atoms in total. The van der Waals surface area contributed by atoms with E-state index in [2.05, 4.69) is 4.18 Å². The minimum atomic E-state index is -4.64. The van der Waals surface area contributed by atoms with Gasteiger partial charge in [0, 0.05) is 1.37 Å². The normalized spacial score (nSPS) is 18.0. The van der Waals surface area contributed by atoms with E-state index in [1.165, 1.54) is 0 Å². The van der Waals surface area contributed by atoms with Crippen LogP contribution in [0.5, 0.6) is 0 Å². The second kappa shape index (κ2) is 5.40. The van der Waals surface area contributed by atoms with Gasteiger partial charge in [-0.05, 0) is 19.0 Å². The van der Waals surface area contributed by atoms with E-state index in [9.17, 15) is 8.42 Å². The molecule has 0 spiro atoms. The van der Waals surface area contributed by atoms with Gasteiger partial charge in [0.05, 0.1) is 23.6 Å². The van der Waals surface area contributed by atoms with Gasteiger partial charge in [-0.3, -0.25) is 4.18 Å². The van der Waals surface area contributed by atoms with E-state index in [0.29, 0.717) is 0 Å². The first-order chi connectivity index (χ1) is 9.67. The molecule has 0 heterocycles. The van der Waals surface area contributed by atoms with E-state index < -0.39 is 65.4 Å². The Morgan fingerprint density at radius 3 is 2.62 bits per heavy atom. The first-order valence-corrected chi connectivity index (χ1v) is 5.65. The highest BCUT2D eigenvalue weighted by molar-refractivity contribution is 7.86. The highest BCUT2D eigenvalue weighted by Gasteiger charge is 2.16. The third-order valence-corrected chi connectivity index (χ3v) is 2.68. The average Bonchev–Trinajstić information content (AvgIpc) is 2.43. The first kappa shape index (κ1) is 7.39. The SMILES string of the molecule is [2H]Cc1c([2H])c([2H])c(S(=O)(=O)OCC(O)CO)c([2H])c1[2H]. The maximum Gasteiger partial charge on any atom is 0.297 e. The van der Waals surface area contributed by atoms with Crippen molar-refractivity contribution in [3.63, 3.8) is 0 Å². The number of hydrogen-bond acceptors (Lipinski definition) is 5. The van der Waals surface area contributed by atoms with Crippen LogP contribution in [-0.2, 0) is 14.3 Å². The molecule has 1 rings (SSSR count). The highest BCUT2D eigenvalue weighted by Crippen LogP contribution is 2.13. The van der Waals surface area contributed by atoms with Crippen LogP contribution in [0.2, 0.25) is 0 Å². The lowest BCUT2D eigenvalue weighted by atomic mass is 10.2. The van der Waals surface area contributed by atoms with Gasteiger partial charge in [-0.1, -0.05) is 17.6 Å². The van der Waals surface area contributed by atoms with Crippen LogP contribution in [0.15, 0.2) is 29.1 Å². The molecule has 0 aliphatic rings. The van der Waals surface area contributed by atoms with Gasteiger partial charge in [0.2, 0.25) is 0 Å². The lowest BCUT2D eigenvalue weighted by molar-refractivity contribution is 0.0557. The third-order valence-electron chi connectivity index (χ3n) is 1.53. The van der Waals surface area contributed by atoms with E-state index in [1.807, 2.05) is 0 Å². The summed E-state index contributed by atoms with van der Waals surface area (Å²) in [4.78, 5) is -0.958. The van der Waals surface area contributed by atoms with E-state index >= 15 is 0 Å². The van der Waals surface area contributed by atoms with Crippen LogP contribution in [-0.4, -0.2) is 37.9 Å². The molecule has 0 saturated carbocycles. The second-order valence-corrected chi connectivity index (χ2v) is 4.43. The summed E-state index contributed by atoms with van der Waals surface area (Å²) in [6, 6.07) is -2.93. The summed E-state index contributed by atoms with van der Waals surface area (Å²) in [6.45, 7) is -2.04. The van der Waals surface area contributed by atoms with Crippen LogP contribution in [0.1, 0.15) is 12.4 Å². The van der Waals surface area contributed by atoms with Gasteiger partial charge in [0.15, 0.2) is 0 Å². The fourth-order valence-corrected chi connectivity index (χ4v) is 1.54. The zero-order chi connectivity index (χ0) is 16.4. The summed E-state index contributed by atoms with van der Waals surface area (Å²) in [7, 11) is -4.64. The molecule has 1 unspecified atom stereocenters. The summed E-state index contributed by atoms with van der Waals surface area (Å²) < 4.78 is 65.8. The first-order valence-electron chi connectivity index (χ1n) is 6.94. The quantitative estimate of drug-likeness (QED) is 0.723. The van der Waals surface area contributed by atoms with Crippen molar-refractivity contribution in [2.24, 2.45) is 0 Å². The molecule has 0 fully saturated rings. The van der Waals surface area contributed by atoms with Crippen molar-refractivity contribution in [1.29, 1.82) is 0 Å². The Bertz CT molecular complexity index is 604. The topological polar surface area (TPSA) is 83.8 Å². The highest BCUT2D eigenvalue weighted by atomic mass is 32.2. The van der Waals surface area contributed by atoms with Crippen molar-refractivity contribution < 1.29 is 29.7 Å². The second-order valence-electron chi connectivity index (χ2n) is 2.88. The summed E-state index contributed by atoms with van der Waals surface area (Å²) in [5, 5.41) is 17.7. The summed E-state index contributed by atoms with van der Waals surface area (Å²) in [5.74, 6) is 0. The Morgan fingerprint density at radius 2 is 2.12 bits per heavy atom. The van der Waals surface area contributed by atoms with E-state index in [0.717, 1.165) is 0 Å². The molecule has 1 aromatic rings. The van der Waals surface area contributed by atoms with Gasteiger partial charge in [0.1, 0.15) is 6.10 Å². The van der Waals surface area contributed by atoms with Gasteiger partial charge < -0.3 is 10.2 Å². The average molecular weight is 251 g/mol. The van der Waals surface area contributed by atoms with Crippen LogP contribution in [0.3, 0.4) is 0 Å². The lowest BCUT2D eigenvalue weighted by Crippen LogP contribution is -2.22. The van der Waals surface area contributed by atoms with Crippen LogP contribution >= 0.6 is 0 Å². The molecule has 0 saturated heterocycles. The van der Waals surface area contributed by atoms with E-state index in [-0.39, 0.29) is 5.56 Å². The van der Waals surface area contributed by atoms with Crippen molar-refractivity contribution in [2.75, 3.05) is 13.2 Å². The van der Waals surface area contributed by atoms with Gasteiger partial charge in [0.25, 0.3) is 10.1 Å². The molecule has 16 heavy (non-hydrogen) atoms. The summed E-state index contributed by atoms with van der Waals surface area (Å²) >= 11 is 0. The molecular formula is C10H14O5S. The molecular weight excluding hydrogens is 232 g/mol. The molecule has 0 aliphatic heterocycles. The van der Waals surface area contributed by atoms with Crippen molar-refractivity contribution >= 4 is 10.1 Å². The molecule has 0 bridgehead atoms. The standard InChI is InChI=1S/C10H14O5S/c1-8-2-4-10(5-3-8)16(13,14)15-7-9(12)6-11/h2-5,9,11-12H,6-7H2,1H3/i1D,2D,3D,4D,5D. The zero-order valence-corrected chi connectivity index (χ0v) is 9.04. The minimum Gasteiger partial charge on any atom is -0.394 e. The molecule has 6 heteroatoms. The van der Waals surface area contributed by atoms with Gasteiger partial charge in [-0.25, -0.2) is 0 Å². The third kappa shape index (κ3) is 3.57. The number of aliphatic hydroxyl groups is 2. The number of rotatable bonds is 5. The largest absolute Gasteiger partial charge is 0.394 e. The molecule has 0 radical (unpaired) electrons. The zero-order valence-electron chi connectivity index (χ0n) is 13.2. The monoisotopic (exact) mass is 251 g/mol. The molecule has 0 amide bonds. The van der Waals surface area contributed by atoms with Crippen LogP contribution in [0.4, 0.5) is 0 Å². The Kier molecular flexibility index (Phi) is 2.49. The Hall–Kier alpha value is -0.950. The Balaban J connectivity index is 3.37. The van der Waals surface area contributed by atoms with Crippen molar-refractivity contribution in [2.45, 2.75) is 17.9 Å². The summed E-state index contributed by atoms with van der Waals surface area (Å²) in [6.07, 6.45) is -1.46. The molecule has 1 aromatic carbocycles. The summed E-state index contributed by atoms with van der Waals surface area (Å²) in [5.41, 5.74) is -0.223. The van der Waals surface area contributed by atoms with Crippen molar-refractivity contribution in [3.8, 4) is 0 Å². The predicted octanol–water partition coefficient (Wildman–Crippen LogP) is 0.0535. The van der Waals surface area contributed by atoms with E-state index in [1.54, 1.807) is 0 Å². The van der Waals surface area contributed by atoms with Crippen LogP contribution < -0.4 is 0 Å². The smallest absolute Gasteiger partial charge is 0.297 e. The van der Waals surface area contributed by atoms with Crippen LogP contribution in [0, 0.1) is 6.90 Å². The fraction of sp³-hybridized carbons (Fsp3) is 0.400. The Labute approximate surface area is 101 Å². The molecule has 1 atom stereocenters. The molecule has 0 aromatic heterocycles. The van der Waals surface area contributed by atoms with Gasteiger partial charge in [-0.2, -0.15) is 8.42 Å². The van der Waals surface area contributed by atoms with Gasteiger partial charge >= 0.3 is 0 Å². The van der Waals surface area contributed by atoms with Crippen molar-refractivity contribution in [3.05, 3.63) is 29.7 Å². The van der Waals surface area contributed by atoms with Gasteiger partial charge in [-0.15, -0.1) is 0 Å².